The lowest BCUT2D eigenvalue weighted by Gasteiger charge is -2.35. The van der Waals surface area contributed by atoms with Crippen LogP contribution in [0.1, 0.15) is 174 Å². The maximum absolute atomic E-state index is 14.8. The van der Waals surface area contributed by atoms with Crippen LogP contribution >= 0.6 is 0 Å². The van der Waals surface area contributed by atoms with Gasteiger partial charge in [-0.25, -0.2) is 4.79 Å². The van der Waals surface area contributed by atoms with Crippen molar-refractivity contribution >= 4 is 124 Å². The summed E-state index contributed by atoms with van der Waals surface area (Å²) >= 11 is 0. The zero-order valence-corrected chi connectivity index (χ0v) is 64.4. The van der Waals surface area contributed by atoms with Gasteiger partial charge in [0.05, 0.1) is 31.7 Å². The lowest BCUT2D eigenvalue weighted by Crippen LogP contribution is -2.61. The predicted molar refractivity (Wildman–Crippen MR) is 394 cm³/mol. The fourth-order valence-electron chi connectivity index (χ4n) is 16.6. The number of carbonyl (C=O) groups excluding carboxylic acids is 18. The monoisotopic (exact) mass is 1620 g/mol. The Morgan fingerprint density at radius 3 is 1.03 bits per heavy atom. The van der Waals surface area contributed by atoms with Gasteiger partial charge in [0.2, 0.25) is 106 Å². The zero-order valence-electron chi connectivity index (χ0n) is 64.4. The fourth-order valence-corrected chi connectivity index (χ4v) is 16.6. The minimum absolute atomic E-state index is 0.00147. The average molecular weight is 1620 g/mol. The van der Waals surface area contributed by atoms with E-state index < -0.39 is 266 Å². The molecular formula is C72H107N19O24. The summed E-state index contributed by atoms with van der Waals surface area (Å²) in [6.45, 7) is 3.83. The van der Waals surface area contributed by atoms with Crippen LogP contribution in [0.2, 0.25) is 0 Å². The van der Waals surface area contributed by atoms with Gasteiger partial charge in [-0.05, 0) is 128 Å². The molecule has 43 heteroatoms. The van der Waals surface area contributed by atoms with Gasteiger partial charge in [0.15, 0.2) is 0 Å². The number of hydrogen-bond donors (Lipinski definition) is 15. The lowest BCUT2D eigenvalue weighted by molar-refractivity contribution is -0.150. The fraction of sp³-hybridized carbons (Fsp3) is 0.708. The van der Waals surface area contributed by atoms with Crippen molar-refractivity contribution in [3.8, 4) is 0 Å². The first-order valence-electron chi connectivity index (χ1n) is 39.3. The van der Waals surface area contributed by atoms with Gasteiger partial charge in [0.25, 0.3) is 0 Å². The molecule has 43 nitrogen and oxygen atoms in total. The maximum atomic E-state index is 14.8. The van der Waals surface area contributed by atoms with Crippen molar-refractivity contribution in [2.24, 2.45) is 28.9 Å². The molecule has 634 valence electrons. The molecule has 8 saturated heterocycles. The third kappa shape index (κ3) is 22.9. The zero-order chi connectivity index (χ0) is 84.4. The topological polar surface area (TPSA) is 642 Å². The van der Waals surface area contributed by atoms with E-state index in [1.165, 1.54) is 19.6 Å². The first-order valence-corrected chi connectivity index (χ1v) is 39.3. The second-order valence-corrected chi connectivity index (χ2v) is 30.6. The van der Waals surface area contributed by atoms with E-state index in [2.05, 4.69) is 42.5 Å². The summed E-state index contributed by atoms with van der Waals surface area (Å²) in [5.41, 5.74) is 22.0. The van der Waals surface area contributed by atoms with Gasteiger partial charge >= 0.3 is 17.9 Å². The van der Waals surface area contributed by atoms with Gasteiger partial charge < -0.3 is 115 Å². The number of carboxylic acids is 3. The van der Waals surface area contributed by atoms with Crippen molar-refractivity contribution in [3.63, 3.8) is 0 Å². The van der Waals surface area contributed by atoms with E-state index >= 15 is 0 Å². The number of nitrogens with two attached hydrogens (primary N) is 4. The number of hydrogen-bond acceptors (Lipinski definition) is 22. The Balaban J connectivity index is 0.889. The largest absolute Gasteiger partial charge is 0.481 e. The van der Waals surface area contributed by atoms with E-state index in [1.807, 2.05) is 0 Å². The van der Waals surface area contributed by atoms with E-state index in [0.29, 0.717) is 45.2 Å². The molecule has 16 atom stereocenters. The minimum Gasteiger partial charge on any atom is -0.481 e. The first kappa shape index (κ1) is 89.4. The molecule has 0 aromatic heterocycles. The average Bonchev–Trinajstić information content (AvgIpc) is 1.68. The molecule has 0 radical (unpaired) electrons. The summed E-state index contributed by atoms with van der Waals surface area (Å²) in [7, 11) is 0. The van der Waals surface area contributed by atoms with Gasteiger partial charge in [-0.3, -0.25) is 95.9 Å². The number of aliphatic carboxylic acids is 3. The number of likely N-dealkylation sites (tertiary alicyclic amines) is 7. The van der Waals surface area contributed by atoms with Crippen LogP contribution in [-0.2, 0) is 101 Å². The van der Waals surface area contributed by atoms with Crippen molar-refractivity contribution in [1.29, 1.82) is 0 Å². The molecule has 0 bridgehead atoms. The van der Waals surface area contributed by atoms with E-state index in [4.69, 9.17) is 22.9 Å². The molecular weight excluding hydrogens is 1510 g/mol. The number of nitrogens with one attached hydrogen (secondary N) is 8. The third-order valence-corrected chi connectivity index (χ3v) is 22.6. The summed E-state index contributed by atoms with van der Waals surface area (Å²) in [6, 6.07) is -21.0. The van der Waals surface area contributed by atoms with Crippen molar-refractivity contribution < 1.29 is 116 Å². The van der Waals surface area contributed by atoms with Crippen molar-refractivity contribution in [1.82, 2.24) is 76.8 Å². The molecule has 115 heavy (non-hydrogen) atoms. The number of amides is 18. The normalized spacial score (nSPS) is 23.9. The minimum atomic E-state index is -1.94. The van der Waals surface area contributed by atoms with E-state index in [0.717, 1.165) is 21.1 Å². The lowest BCUT2D eigenvalue weighted by atomic mass is 9.96. The van der Waals surface area contributed by atoms with Crippen LogP contribution in [0.15, 0.2) is 0 Å². The van der Waals surface area contributed by atoms with Gasteiger partial charge in [-0.1, -0.05) is 20.3 Å². The number of rotatable bonds is 38. The van der Waals surface area contributed by atoms with Crippen molar-refractivity contribution in [2.45, 2.75) is 265 Å². The summed E-state index contributed by atoms with van der Waals surface area (Å²) in [6.07, 6.45) is -1.49. The quantitative estimate of drug-likeness (QED) is 0.0273. The molecule has 8 fully saturated rings. The van der Waals surface area contributed by atoms with Crippen LogP contribution in [0.3, 0.4) is 0 Å². The van der Waals surface area contributed by atoms with Crippen LogP contribution in [0.5, 0.6) is 0 Å². The first-order chi connectivity index (χ1) is 54.5. The standard InChI is InChI=1S/C72H107N19O24/c1-3-36(2)57(71(113)89-29-9-17-48(89)60(102)78-37(21-23-55(96)97)58(100)79-39(72(114)115)20-22-51(73)92)84-59(101)40(35-56(98)99)80-61(103)44-13-6-26-86(44)66(108)41(32-52(74)93)81-63(105)46-15-7-27-87(46)69(111)50-19-11-31-91(50)68(110)43(34-54(76)95)83-64(106)47-16-8-28-88(47)70(112)49-18-10-30-90(49)67(109)42(33-53(75)94)82-62(104)45-14-5-25-85(45)65(107)38-12-4-24-77-38/h36-50,57,77H,3-35H2,1-2H3,(H2,73,92)(H2,74,93)(H2,75,94)(H2,76,95)(H,78,102)(H,79,100)(H,80,103)(H,81,105)(H,82,104)(H,83,106)(H,84,101)(H,96,97)(H,98,99)(H,114,115)/t36-,37-,38-,39-,40-,41-,42-,43-,44-,45-,46-,47-,48-,49-,50-,57+/m0/s1. The Morgan fingerprint density at radius 2 is 0.678 bits per heavy atom. The van der Waals surface area contributed by atoms with Crippen LogP contribution in [0.4, 0.5) is 0 Å². The second-order valence-electron chi connectivity index (χ2n) is 30.6. The summed E-state index contributed by atoms with van der Waals surface area (Å²) in [5.74, 6) is -21.3. The Morgan fingerprint density at radius 1 is 0.348 bits per heavy atom. The highest BCUT2D eigenvalue weighted by molar-refractivity contribution is 6.03. The van der Waals surface area contributed by atoms with E-state index in [-0.39, 0.29) is 116 Å². The molecule has 0 aromatic rings. The Labute approximate surface area is 660 Å². The van der Waals surface area contributed by atoms with Gasteiger partial charge in [-0.15, -0.1) is 0 Å². The number of carbonyl (C=O) groups is 21. The summed E-state index contributed by atoms with van der Waals surface area (Å²) in [4.78, 5) is 293. The molecule has 0 aliphatic carbocycles. The van der Waals surface area contributed by atoms with Crippen molar-refractivity contribution in [2.75, 3.05) is 52.4 Å². The molecule has 18 amide bonds. The highest BCUT2D eigenvalue weighted by atomic mass is 16.4. The Kier molecular flexibility index (Phi) is 31.6. The molecule has 8 rings (SSSR count). The number of nitrogens with zero attached hydrogens (tertiary/aromatic N) is 7. The summed E-state index contributed by atoms with van der Waals surface area (Å²) in [5, 5.41) is 49.4. The highest BCUT2D eigenvalue weighted by Crippen LogP contribution is 2.31. The van der Waals surface area contributed by atoms with Gasteiger partial charge in [0.1, 0.15) is 84.6 Å². The van der Waals surface area contributed by atoms with Gasteiger partial charge in [0, 0.05) is 58.7 Å². The van der Waals surface area contributed by atoms with Crippen LogP contribution < -0.4 is 65.5 Å². The molecule has 8 aliphatic rings. The van der Waals surface area contributed by atoms with Crippen LogP contribution in [0, 0.1) is 5.92 Å². The SMILES string of the molecule is CC[C@H](C)[C@@H](NC(=O)[C@H](CC(=O)O)NC(=O)[C@@H]1CCCN1C(=O)[C@H](CC(N)=O)NC(=O)[C@@H]1CCCN1C(=O)[C@@H]1CCCN1C(=O)[C@H](CC(N)=O)NC(=O)[C@@H]1CCCN1C(=O)[C@@H]1CCCN1C(=O)[C@H](CC(N)=O)NC(=O)[C@@H]1CCCN1C(=O)[C@@H]1CCCN1)C(=O)N1CCC[C@H]1C(=O)N[C@@H](CCC(=O)O)C(=O)N[C@@H](CCC(N)=O)C(=O)O. The predicted octanol–water partition coefficient (Wildman–Crippen LogP) is -7.57. The molecule has 0 spiro atoms. The second kappa shape index (κ2) is 40.7. The number of carboxylic acid groups (broad SMARTS) is 3. The molecule has 8 heterocycles. The number of primary amides is 4. The third-order valence-electron chi connectivity index (χ3n) is 22.6. The molecule has 19 N–H and O–H groups in total. The van der Waals surface area contributed by atoms with Crippen LogP contribution in [-0.4, -0.2) is 317 Å². The highest BCUT2D eigenvalue weighted by Gasteiger charge is 2.50. The molecule has 0 aromatic carbocycles. The smallest absolute Gasteiger partial charge is 0.326 e. The Bertz CT molecular complexity index is 3780. The molecule has 0 unspecified atom stereocenters. The molecule has 0 saturated carbocycles. The summed E-state index contributed by atoms with van der Waals surface area (Å²) < 4.78 is 0. The van der Waals surface area contributed by atoms with E-state index in [1.54, 1.807) is 13.8 Å². The van der Waals surface area contributed by atoms with Gasteiger partial charge in [-0.2, -0.15) is 0 Å². The van der Waals surface area contributed by atoms with E-state index in [9.17, 15) is 116 Å². The maximum Gasteiger partial charge on any atom is 0.326 e. The van der Waals surface area contributed by atoms with Crippen LogP contribution in [0.25, 0.3) is 0 Å². The Hall–Kier alpha value is -11.2. The molecule has 8 aliphatic heterocycles. The van der Waals surface area contributed by atoms with Crippen molar-refractivity contribution in [3.05, 3.63) is 0 Å².